The van der Waals surface area contributed by atoms with Gasteiger partial charge in [-0.15, -0.1) is 0 Å². The molecule has 0 bridgehead atoms. The molecule has 1 aliphatic carbocycles. The molecule has 0 heterocycles. The van der Waals surface area contributed by atoms with Crippen LogP contribution in [0.2, 0.25) is 0 Å². The lowest BCUT2D eigenvalue weighted by atomic mass is 10.2. The normalized spacial score (nSPS) is 17.2. The van der Waals surface area contributed by atoms with Gasteiger partial charge in [-0.05, 0) is 12.8 Å². The van der Waals surface area contributed by atoms with E-state index in [1.165, 1.54) is 7.11 Å². The molecule has 0 atom stereocenters. The molecule has 1 N–H and O–H groups in total. The van der Waals surface area contributed by atoms with E-state index in [0.29, 0.717) is 6.04 Å². The van der Waals surface area contributed by atoms with Crippen LogP contribution in [0.15, 0.2) is 12.2 Å². The molecule has 3 nitrogen and oxygen atoms in total. The van der Waals surface area contributed by atoms with Crippen molar-refractivity contribution in [3.8, 4) is 0 Å². The number of nitrogens with one attached hydrogen (secondary N) is 1. The molecule has 11 heavy (non-hydrogen) atoms. The van der Waals surface area contributed by atoms with E-state index in [9.17, 15) is 4.79 Å². The number of methoxy groups -OCH3 is 1. The van der Waals surface area contributed by atoms with Crippen molar-refractivity contribution in [1.29, 1.82) is 0 Å². The van der Waals surface area contributed by atoms with E-state index in [1.54, 1.807) is 0 Å². The summed E-state index contributed by atoms with van der Waals surface area (Å²) in [6.45, 7) is 0.163. The number of ether oxygens (including phenoxy) is 1. The highest BCUT2D eigenvalue weighted by atomic mass is 16.5. The molecule has 62 valence electrons. The summed E-state index contributed by atoms with van der Waals surface area (Å²) in [6.07, 6.45) is 6.07. The van der Waals surface area contributed by atoms with E-state index >= 15 is 0 Å². The first-order valence-corrected chi connectivity index (χ1v) is 3.76. The lowest BCUT2D eigenvalue weighted by molar-refractivity contribution is -0.125. The Morgan fingerprint density at radius 1 is 1.64 bits per heavy atom. The van der Waals surface area contributed by atoms with E-state index in [4.69, 9.17) is 0 Å². The van der Waals surface area contributed by atoms with Crippen molar-refractivity contribution < 1.29 is 9.53 Å². The Balaban J connectivity index is 2.15. The third-order valence-electron chi connectivity index (χ3n) is 1.65. The summed E-state index contributed by atoms with van der Waals surface area (Å²) < 4.78 is 4.68. The van der Waals surface area contributed by atoms with Crippen molar-refractivity contribution in [2.45, 2.75) is 18.9 Å². The van der Waals surface area contributed by atoms with Crippen molar-refractivity contribution in [2.24, 2.45) is 0 Å². The summed E-state index contributed by atoms with van der Waals surface area (Å²) in [5.74, 6) is -0.0267. The van der Waals surface area contributed by atoms with Gasteiger partial charge in [-0.2, -0.15) is 0 Å². The number of hydrogen-bond donors (Lipinski definition) is 1. The van der Waals surface area contributed by atoms with Gasteiger partial charge in [0.1, 0.15) is 6.61 Å². The van der Waals surface area contributed by atoms with Crippen LogP contribution in [0.25, 0.3) is 0 Å². The summed E-state index contributed by atoms with van der Waals surface area (Å²) >= 11 is 0. The van der Waals surface area contributed by atoms with Crippen LogP contribution in [0.3, 0.4) is 0 Å². The molecular formula is C8H13NO2. The maximum absolute atomic E-state index is 10.9. The average molecular weight is 155 g/mol. The largest absolute Gasteiger partial charge is 0.375 e. The van der Waals surface area contributed by atoms with Crippen LogP contribution in [0.4, 0.5) is 0 Å². The van der Waals surface area contributed by atoms with Crippen LogP contribution in [0.5, 0.6) is 0 Å². The monoisotopic (exact) mass is 155 g/mol. The molecule has 0 saturated heterocycles. The Bertz CT molecular complexity index is 157. The fraction of sp³-hybridized carbons (Fsp3) is 0.625. The fourth-order valence-corrected chi connectivity index (χ4v) is 1.14. The highest BCUT2D eigenvalue weighted by Gasteiger charge is 2.11. The molecule has 3 heteroatoms. The summed E-state index contributed by atoms with van der Waals surface area (Å²) in [5.41, 5.74) is 0. The Kier molecular flexibility index (Phi) is 3.11. The Hall–Kier alpha value is -0.830. The molecule has 0 saturated carbocycles. The van der Waals surface area contributed by atoms with Crippen LogP contribution < -0.4 is 5.32 Å². The van der Waals surface area contributed by atoms with Gasteiger partial charge in [-0.3, -0.25) is 4.79 Å². The second kappa shape index (κ2) is 4.13. The number of rotatable bonds is 3. The first-order valence-electron chi connectivity index (χ1n) is 3.76. The van der Waals surface area contributed by atoms with Crippen LogP contribution >= 0.6 is 0 Å². The van der Waals surface area contributed by atoms with E-state index in [-0.39, 0.29) is 12.5 Å². The molecule has 1 amide bonds. The van der Waals surface area contributed by atoms with E-state index in [0.717, 1.165) is 12.8 Å². The van der Waals surface area contributed by atoms with Crippen molar-refractivity contribution in [1.82, 2.24) is 5.32 Å². The van der Waals surface area contributed by atoms with Crippen LogP contribution in [0.1, 0.15) is 12.8 Å². The van der Waals surface area contributed by atoms with Gasteiger partial charge in [-0.1, -0.05) is 12.2 Å². The summed E-state index contributed by atoms with van der Waals surface area (Å²) in [6, 6.07) is 0.303. The number of carbonyl (C=O) groups is 1. The van der Waals surface area contributed by atoms with Crippen molar-refractivity contribution in [2.75, 3.05) is 13.7 Å². The van der Waals surface area contributed by atoms with Crippen molar-refractivity contribution >= 4 is 5.91 Å². The predicted molar refractivity (Wildman–Crippen MR) is 42.2 cm³/mol. The summed E-state index contributed by atoms with van der Waals surface area (Å²) in [4.78, 5) is 10.9. The lowest BCUT2D eigenvalue weighted by Gasteiger charge is -2.10. The Morgan fingerprint density at radius 3 is 2.82 bits per heavy atom. The molecular weight excluding hydrogens is 142 g/mol. The van der Waals surface area contributed by atoms with Gasteiger partial charge in [0.05, 0.1) is 0 Å². The minimum absolute atomic E-state index is 0.0267. The molecule has 0 aromatic carbocycles. The summed E-state index contributed by atoms with van der Waals surface area (Å²) in [7, 11) is 1.52. The third kappa shape index (κ3) is 2.72. The second-order valence-electron chi connectivity index (χ2n) is 2.64. The molecule has 0 aliphatic heterocycles. The number of amides is 1. The smallest absolute Gasteiger partial charge is 0.246 e. The van der Waals surface area contributed by atoms with E-state index in [1.807, 2.05) is 0 Å². The zero-order valence-corrected chi connectivity index (χ0v) is 6.67. The standard InChI is InChI=1S/C8H13NO2/c1-11-6-8(10)9-7-4-2-3-5-7/h2-3,7H,4-6H2,1H3,(H,9,10). The first kappa shape index (κ1) is 8.27. The quantitative estimate of drug-likeness (QED) is 0.601. The first-order chi connectivity index (χ1) is 5.33. The van der Waals surface area contributed by atoms with Gasteiger partial charge in [0, 0.05) is 13.2 Å². The summed E-state index contributed by atoms with van der Waals surface area (Å²) in [5, 5.41) is 2.85. The molecule has 0 unspecified atom stereocenters. The van der Waals surface area contributed by atoms with Gasteiger partial charge in [-0.25, -0.2) is 0 Å². The molecule has 0 aromatic heterocycles. The highest BCUT2D eigenvalue weighted by Crippen LogP contribution is 2.08. The van der Waals surface area contributed by atoms with Crippen LogP contribution in [-0.4, -0.2) is 25.7 Å². The van der Waals surface area contributed by atoms with Gasteiger partial charge >= 0.3 is 0 Å². The Morgan fingerprint density at radius 2 is 2.27 bits per heavy atom. The molecule has 0 fully saturated rings. The van der Waals surface area contributed by atoms with Gasteiger partial charge < -0.3 is 10.1 Å². The zero-order valence-electron chi connectivity index (χ0n) is 6.67. The van der Waals surface area contributed by atoms with E-state index < -0.39 is 0 Å². The highest BCUT2D eigenvalue weighted by molar-refractivity contribution is 5.77. The molecule has 1 rings (SSSR count). The average Bonchev–Trinajstić information content (AvgIpc) is 2.40. The number of carbonyl (C=O) groups excluding carboxylic acids is 1. The SMILES string of the molecule is COCC(=O)NC1CC=CC1. The van der Waals surface area contributed by atoms with Gasteiger partial charge in [0.25, 0.3) is 0 Å². The molecule has 0 aromatic rings. The van der Waals surface area contributed by atoms with Gasteiger partial charge in [0.15, 0.2) is 0 Å². The van der Waals surface area contributed by atoms with Crippen LogP contribution in [-0.2, 0) is 9.53 Å². The Labute approximate surface area is 66.4 Å². The fourth-order valence-electron chi connectivity index (χ4n) is 1.14. The maximum atomic E-state index is 10.9. The predicted octanol–water partition coefficient (Wildman–Crippen LogP) is 0.468. The molecule has 0 spiro atoms. The zero-order chi connectivity index (χ0) is 8.10. The van der Waals surface area contributed by atoms with Crippen LogP contribution in [0, 0.1) is 0 Å². The van der Waals surface area contributed by atoms with Crippen molar-refractivity contribution in [3.05, 3.63) is 12.2 Å². The third-order valence-corrected chi connectivity index (χ3v) is 1.65. The second-order valence-corrected chi connectivity index (χ2v) is 2.64. The molecule has 1 aliphatic rings. The van der Waals surface area contributed by atoms with Gasteiger partial charge in [0.2, 0.25) is 5.91 Å². The molecule has 0 radical (unpaired) electrons. The minimum Gasteiger partial charge on any atom is -0.375 e. The van der Waals surface area contributed by atoms with E-state index in [2.05, 4.69) is 22.2 Å². The topological polar surface area (TPSA) is 38.3 Å². The number of hydrogen-bond acceptors (Lipinski definition) is 2. The lowest BCUT2D eigenvalue weighted by Crippen LogP contribution is -2.35. The minimum atomic E-state index is -0.0267. The van der Waals surface area contributed by atoms with Crippen molar-refractivity contribution in [3.63, 3.8) is 0 Å². The maximum Gasteiger partial charge on any atom is 0.246 e.